The second-order valence-electron chi connectivity index (χ2n) is 6.17. The Balaban J connectivity index is 0.000000318. The number of anilines is 1. The van der Waals surface area contributed by atoms with Crippen molar-refractivity contribution >= 4 is 17.6 Å². The van der Waals surface area contributed by atoms with E-state index in [-0.39, 0.29) is 8.03 Å². The van der Waals surface area contributed by atoms with Gasteiger partial charge in [0.05, 0.1) is 11.9 Å². The monoisotopic (exact) mass is 342 g/mol. The van der Waals surface area contributed by atoms with E-state index in [1.165, 1.54) is 6.42 Å². The molecule has 134 valence electrons. The zero-order valence-electron chi connectivity index (χ0n) is 14.5. The zero-order valence-corrected chi connectivity index (χ0v) is 14.5. The summed E-state index contributed by atoms with van der Waals surface area (Å²) in [6.45, 7) is 2.41. The third-order valence-electron chi connectivity index (χ3n) is 3.85. The normalized spacial score (nSPS) is 16.4. The molecule has 1 amide bonds. The minimum Gasteiger partial charge on any atom is -0.444 e. The fraction of sp³-hybridized carbons (Fsp3) is 0.350. The van der Waals surface area contributed by atoms with Crippen molar-refractivity contribution in [1.82, 2.24) is 4.98 Å². The number of benzene rings is 1. The molecule has 5 heteroatoms. The molecule has 1 aliphatic rings. The van der Waals surface area contributed by atoms with Crippen LogP contribution in [0.15, 0.2) is 54.9 Å². The number of nitrogens with zero attached hydrogens (tertiary/aromatic N) is 1. The molecule has 0 saturated heterocycles. The largest absolute Gasteiger partial charge is 0.444 e. The van der Waals surface area contributed by atoms with Crippen LogP contribution in [0, 0.1) is 5.92 Å². The summed E-state index contributed by atoms with van der Waals surface area (Å²) in [6, 6.07) is 13.0. The van der Waals surface area contributed by atoms with Gasteiger partial charge in [0.2, 0.25) is 0 Å². The summed E-state index contributed by atoms with van der Waals surface area (Å²) in [7, 11) is 0. The van der Waals surface area contributed by atoms with Gasteiger partial charge in [-0.05, 0) is 36.5 Å². The Labute approximate surface area is 149 Å². The number of hydrogen-bond acceptors (Lipinski definition) is 4. The number of ketones is 1. The van der Waals surface area contributed by atoms with Crippen LogP contribution in [0.4, 0.5) is 10.5 Å². The average Bonchev–Trinajstić information content (AvgIpc) is 2.62. The Kier molecular flexibility index (Phi) is 7.63. The Hall–Kier alpha value is -2.69. The van der Waals surface area contributed by atoms with Crippen molar-refractivity contribution < 1.29 is 15.8 Å². The number of aromatic nitrogens is 1. The first-order valence-electron chi connectivity index (χ1n) is 8.53. The van der Waals surface area contributed by atoms with Crippen LogP contribution >= 0.6 is 0 Å². The maximum Gasteiger partial charge on any atom is 0.412 e. The van der Waals surface area contributed by atoms with E-state index in [1.807, 2.05) is 30.3 Å². The van der Waals surface area contributed by atoms with E-state index in [0.717, 1.165) is 24.8 Å². The maximum atomic E-state index is 11.4. The second kappa shape index (κ2) is 10.2. The number of rotatable bonds is 3. The number of amides is 1. The molecule has 0 bridgehead atoms. The molecule has 1 heterocycles. The summed E-state index contributed by atoms with van der Waals surface area (Å²) in [6.07, 6.45) is 6.77. The lowest BCUT2D eigenvalue weighted by atomic mass is 9.90. The summed E-state index contributed by atoms with van der Waals surface area (Å²) < 4.78 is 5.05. The van der Waals surface area contributed by atoms with Crippen LogP contribution in [0.5, 0.6) is 0 Å². The highest BCUT2D eigenvalue weighted by Crippen LogP contribution is 2.19. The van der Waals surface area contributed by atoms with Crippen LogP contribution in [0.25, 0.3) is 0 Å². The van der Waals surface area contributed by atoms with Crippen molar-refractivity contribution in [3.63, 3.8) is 0 Å². The predicted octanol–water partition coefficient (Wildman–Crippen LogP) is 4.84. The standard InChI is InChI=1S/C13H12N2O2.C7H12O.H2/c16-13(15-12-7-4-8-14-9-12)17-10-11-5-2-1-3-6-11;1-6-3-2-4-7(8)5-6;/h1-9H,10H2,(H,15,16);6H,2-5H2,1H3;1H/t;6-;/m.0./s1. The van der Waals surface area contributed by atoms with Gasteiger partial charge in [-0.15, -0.1) is 0 Å². The van der Waals surface area contributed by atoms with Crippen molar-refractivity contribution in [2.45, 2.75) is 39.2 Å². The highest BCUT2D eigenvalue weighted by Gasteiger charge is 2.14. The molecule has 5 nitrogen and oxygen atoms in total. The fourth-order valence-electron chi connectivity index (χ4n) is 2.55. The second-order valence-corrected chi connectivity index (χ2v) is 6.17. The molecule has 0 spiro atoms. The van der Waals surface area contributed by atoms with E-state index in [4.69, 9.17) is 4.74 Å². The van der Waals surface area contributed by atoms with Gasteiger partial charge < -0.3 is 4.74 Å². The highest BCUT2D eigenvalue weighted by atomic mass is 16.5. The van der Waals surface area contributed by atoms with Crippen molar-refractivity contribution in [3.8, 4) is 0 Å². The van der Waals surface area contributed by atoms with Gasteiger partial charge in [0.1, 0.15) is 12.4 Å². The smallest absolute Gasteiger partial charge is 0.412 e. The quantitative estimate of drug-likeness (QED) is 0.866. The van der Waals surface area contributed by atoms with E-state index >= 15 is 0 Å². The van der Waals surface area contributed by atoms with Crippen LogP contribution in [0.3, 0.4) is 0 Å². The summed E-state index contributed by atoms with van der Waals surface area (Å²) in [4.78, 5) is 26.0. The van der Waals surface area contributed by atoms with Crippen molar-refractivity contribution in [1.29, 1.82) is 0 Å². The summed E-state index contributed by atoms with van der Waals surface area (Å²) in [5.74, 6) is 1.12. The number of carbonyl (C=O) groups excluding carboxylic acids is 2. The lowest BCUT2D eigenvalue weighted by Gasteiger charge is -2.14. The Morgan fingerprint density at radius 3 is 2.68 bits per heavy atom. The lowest BCUT2D eigenvalue weighted by molar-refractivity contribution is -0.121. The number of Topliss-reactive ketones (excluding diaryl/α,β-unsaturated/α-hetero) is 1. The van der Waals surface area contributed by atoms with E-state index in [2.05, 4.69) is 17.2 Å². The molecule has 1 aromatic carbocycles. The molecule has 1 aromatic heterocycles. The third-order valence-corrected chi connectivity index (χ3v) is 3.85. The molecular formula is C20H26N2O3. The molecular weight excluding hydrogens is 316 g/mol. The Morgan fingerprint density at radius 1 is 1.28 bits per heavy atom. The summed E-state index contributed by atoms with van der Waals surface area (Å²) in [5.41, 5.74) is 1.57. The molecule has 0 aliphatic heterocycles. The molecule has 25 heavy (non-hydrogen) atoms. The van der Waals surface area contributed by atoms with E-state index in [1.54, 1.807) is 24.5 Å². The molecule has 3 rings (SSSR count). The minimum absolute atomic E-state index is 0. The molecule has 1 fully saturated rings. The summed E-state index contributed by atoms with van der Waals surface area (Å²) in [5, 5.41) is 2.59. The average molecular weight is 342 g/mol. The van der Waals surface area contributed by atoms with Gasteiger partial charge in [-0.1, -0.05) is 37.3 Å². The van der Waals surface area contributed by atoms with Gasteiger partial charge in [0.15, 0.2) is 0 Å². The maximum absolute atomic E-state index is 11.4. The molecule has 0 unspecified atom stereocenters. The summed E-state index contributed by atoms with van der Waals surface area (Å²) >= 11 is 0. The molecule has 1 saturated carbocycles. The van der Waals surface area contributed by atoms with Gasteiger partial charge in [-0.2, -0.15) is 0 Å². The van der Waals surface area contributed by atoms with Crippen LogP contribution in [0.2, 0.25) is 0 Å². The van der Waals surface area contributed by atoms with Crippen molar-refractivity contribution in [3.05, 3.63) is 60.4 Å². The highest BCUT2D eigenvalue weighted by molar-refractivity contribution is 5.84. The van der Waals surface area contributed by atoms with Gasteiger partial charge in [-0.25, -0.2) is 4.79 Å². The van der Waals surface area contributed by atoms with Gasteiger partial charge >= 0.3 is 6.09 Å². The first-order chi connectivity index (χ1) is 12.1. The number of ether oxygens (including phenoxy) is 1. The zero-order chi connectivity index (χ0) is 17.9. The minimum atomic E-state index is -0.484. The topological polar surface area (TPSA) is 68.3 Å². The number of pyridine rings is 1. The lowest BCUT2D eigenvalue weighted by Crippen LogP contribution is -2.13. The SMILES string of the molecule is C[C@H]1CCCC(=O)C1.O=C(Nc1cccnc1)OCc1ccccc1.[HH]. The van der Waals surface area contributed by atoms with Crippen LogP contribution in [-0.4, -0.2) is 16.9 Å². The van der Waals surface area contributed by atoms with Gasteiger partial charge in [0, 0.05) is 20.5 Å². The van der Waals surface area contributed by atoms with E-state index in [0.29, 0.717) is 17.4 Å². The van der Waals surface area contributed by atoms with Gasteiger partial charge in [0.25, 0.3) is 0 Å². The Morgan fingerprint density at radius 2 is 2.08 bits per heavy atom. The molecule has 2 aromatic rings. The first kappa shape index (κ1) is 18.6. The number of carbonyl (C=O) groups is 2. The van der Waals surface area contributed by atoms with Crippen LogP contribution < -0.4 is 5.32 Å². The third kappa shape index (κ3) is 7.61. The molecule has 1 atom stereocenters. The molecule has 0 radical (unpaired) electrons. The van der Waals surface area contributed by atoms with Gasteiger partial charge in [-0.3, -0.25) is 15.1 Å². The van der Waals surface area contributed by atoms with Crippen molar-refractivity contribution in [2.75, 3.05) is 5.32 Å². The predicted molar refractivity (Wildman–Crippen MR) is 99.2 cm³/mol. The number of nitrogens with one attached hydrogen (secondary N) is 1. The fourth-order valence-corrected chi connectivity index (χ4v) is 2.55. The van der Waals surface area contributed by atoms with Crippen LogP contribution in [0.1, 0.15) is 39.6 Å². The number of hydrogen-bond donors (Lipinski definition) is 1. The van der Waals surface area contributed by atoms with Crippen LogP contribution in [-0.2, 0) is 16.1 Å². The Bertz CT molecular complexity index is 665. The van der Waals surface area contributed by atoms with E-state index in [9.17, 15) is 9.59 Å². The van der Waals surface area contributed by atoms with Crippen molar-refractivity contribution in [2.24, 2.45) is 5.92 Å². The first-order valence-corrected chi connectivity index (χ1v) is 8.53. The molecule has 1 aliphatic carbocycles. The molecule has 1 N–H and O–H groups in total. The van der Waals surface area contributed by atoms with E-state index < -0.39 is 6.09 Å².